The van der Waals surface area contributed by atoms with Gasteiger partial charge in [-0.05, 0) is 54.8 Å². The van der Waals surface area contributed by atoms with Gasteiger partial charge in [-0.3, -0.25) is 10.1 Å². The van der Waals surface area contributed by atoms with Crippen LogP contribution in [0.15, 0.2) is 65.6 Å². The average molecular weight is 581 g/mol. The highest BCUT2D eigenvalue weighted by Crippen LogP contribution is 2.43. The lowest BCUT2D eigenvalue weighted by atomic mass is 10.1. The number of urea groups is 1. The fourth-order valence-electron chi connectivity index (χ4n) is 4.33. The molecule has 196 valence electrons. The van der Waals surface area contributed by atoms with E-state index < -0.39 is 6.03 Å². The Hall–Kier alpha value is -3.92. The molecule has 39 heavy (non-hydrogen) atoms. The van der Waals surface area contributed by atoms with E-state index in [2.05, 4.69) is 20.6 Å². The molecule has 0 aliphatic heterocycles. The molecule has 3 N–H and O–H groups in total. The van der Waals surface area contributed by atoms with Gasteiger partial charge >= 0.3 is 6.03 Å². The van der Waals surface area contributed by atoms with E-state index in [1.807, 2.05) is 12.1 Å². The summed E-state index contributed by atoms with van der Waals surface area (Å²) in [6.45, 7) is 0. The van der Waals surface area contributed by atoms with Crippen molar-refractivity contribution in [2.24, 2.45) is 0 Å². The number of hydrogen-bond acceptors (Lipinski definition) is 5. The van der Waals surface area contributed by atoms with Crippen molar-refractivity contribution in [2.75, 3.05) is 10.6 Å². The summed E-state index contributed by atoms with van der Waals surface area (Å²) in [7, 11) is 0. The van der Waals surface area contributed by atoms with E-state index in [1.54, 1.807) is 48.7 Å². The minimum Gasteiger partial charge on any atom is -0.310 e. The van der Waals surface area contributed by atoms with Gasteiger partial charge < -0.3 is 10.3 Å². The van der Waals surface area contributed by atoms with Gasteiger partial charge in [0.2, 0.25) is 0 Å². The van der Waals surface area contributed by atoms with Crippen LogP contribution < -0.4 is 16.2 Å². The maximum atomic E-state index is 13.2. The smallest absolute Gasteiger partial charge is 0.310 e. The Morgan fingerprint density at radius 1 is 1.03 bits per heavy atom. The molecule has 0 unspecified atom stereocenters. The molecule has 1 saturated carbocycles. The number of nitrogens with one attached hydrogen (secondary N) is 3. The number of hydrogen-bond donors (Lipinski definition) is 3. The Bertz CT molecular complexity index is 1740. The molecule has 2 aromatic carbocycles. The van der Waals surface area contributed by atoms with Gasteiger partial charge in [0.1, 0.15) is 22.7 Å². The van der Waals surface area contributed by atoms with Crippen molar-refractivity contribution in [1.29, 1.82) is 0 Å². The Balaban J connectivity index is 1.29. The van der Waals surface area contributed by atoms with Crippen LogP contribution in [0.5, 0.6) is 0 Å². The Morgan fingerprint density at radius 2 is 1.77 bits per heavy atom. The van der Waals surface area contributed by atoms with Crippen molar-refractivity contribution in [3.05, 3.63) is 103 Å². The van der Waals surface area contributed by atoms with E-state index in [0.29, 0.717) is 61.2 Å². The van der Waals surface area contributed by atoms with Gasteiger partial charge in [0.15, 0.2) is 5.65 Å². The van der Waals surface area contributed by atoms with Crippen molar-refractivity contribution >= 4 is 63.4 Å². The van der Waals surface area contributed by atoms with Crippen LogP contribution in [0.3, 0.4) is 0 Å². The summed E-state index contributed by atoms with van der Waals surface area (Å²) in [5, 5.41) is 11.6. The Kier molecular flexibility index (Phi) is 6.72. The van der Waals surface area contributed by atoms with E-state index >= 15 is 0 Å². The van der Waals surface area contributed by atoms with Crippen LogP contribution in [0, 0.1) is 0 Å². The fraction of sp³-hybridized carbons (Fsp3) is 0.148. The lowest BCUT2D eigenvalue weighted by Crippen LogP contribution is -2.19. The lowest BCUT2D eigenvalue weighted by molar-refractivity contribution is 0.262. The summed E-state index contributed by atoms with van der Waals surface area (Å²) in [6.07, 6.45) is 3.85. The molecule has 12 heteroatoms. The van der Waals surface area contributed by atoms with E-state index in [9.17, 15) is 9.59 Å². The van der Waals surface area contributed by atoms with Crippen molar-refractivity contribution in [2.45, 2.75) is 25.2 Å². The summed E-state index contributed by atoms with van der Waals surface area (Å²) in [4.78, 5) is 37.2. The molecule has 2 amide bonds. The normalized spacial score (nSPS) is 13.0. The number of aromatic amines is 1. The number of carbonyl (C=O) groups excluding carboxylic acids is 1. The predicted octanol–water partition coefficient (Wildman–Crippen LogP) is 6.58. The molecular weight excluding hydrogens is 561 g/mol. The summed E-state index contributed by atoms with van der Waals surface area (Å²) >= 11 is 19.1. The zero-order chi connectivity index (χ0) is 27.1. The molecule has 1 aliphatic carbocycles. The third-order valence-corrected chi connectivity index (χ3v) is 7.06. The summed E-state index contributed by atoms with van der Waals surface area (Å²) < 4.78 is 1.54. The van der Waals surface area contributed by atoms with E-state index in [0.717, 1.165) is 18.4 Å². The molecule has 6 rings (SSSR count). The second-order valence-corrected chi connectivity index (χ2v) is 10.4. The first-order valence-corrected chi connectivity index (χ1v) is 13.2. The zero-order valence-corrected chi connectivity index (χ0v) is 22.5. The number of H-pyrrole nitrogens is 1. The minimum absolute atomic E-state index is 0.197. The molecular formula is C27H20Cl3N7O2. The van der Waals surface area contributed by atoms with Gasteiger partial charge in [0, 0.05) is 29.2 Å². The van der Waals surface area contributed by atoms with Crippen molar-refractivity contribution in [1.82, 2.24) is 24.7 Å². The third kappa shape index (κ3) is 5.34. The maximum absolute atomic E-state index is 13.2. The highest BCUT2D eigenvalue weighted by Gasteiger charge is 2.32. The summed E-state index contributed by atoms with van der Waals surface area (Å²) in [5.41, 5.74) is 2.70. The van der Waals surface area contributed by atoms with Gasteiger partial charge in [0.05, 0.1) is 15.7 Å². The second kappa shape index (κ2) is 10.3. The first-order valence-electron chi connectivity index (χ1n) is 12.1. The number of halogens is 3. The van der Waals surface area contributed by atoms with Gasteiger partial charge in [-0.1, -0.05) is 53.0 Å². The van der Waals surface area contributed by atoms with Crippen LogP contribution >= 0.6 is 34.8 Å². The third-order valence-electron chi connectivity index (χ3n) is 6.26. The first kappa shape index (κ1) is 25.4. The molecule has 1 fully saturated rings. The maximum Gasteiger partial charge on any atom is 0.324 e. The number of carbonyl (C=O) groups is 1. The van der Waals surface area contributed by atoms with Crippen LogP contribution in [0.4, 0.5) is 16.3 Å². The molecule has 3 aromatic heterocycles. The average Bonchev–Trinajstić information content (AvgIpc) is 3.67. The van der Waals surface area contributed by atoms with Crippen LogP contribution in [0.25, 0.3) is 16.7 Å². The topological polar surface area (TPSA) is 118 Å². The lowest BCUT2D eigenvalue weighted by Gasteiger charge is -2.10. The summed E-state index contributed by atoms with van der Waals surface area (Å²) in [5.74, 6) is 1.09. The molecule has 5 aromatic rings. The molecule has 3 heterocycles. The number of benzene rings is 2. The highest BCUT2D eigenvalue weighted by atomic mass is 35.5. The second-order valence-electron chi connectivity index (χ2n) is 9.17. The molecule has 0 radical (unpaired) electrons. The number of fused-ring (bicyclic) bond motifs is 1. The monoisotopic (exact) mass is 579 g/mol. The van der Waals surface area contributed by atoms with E-state index in [1.165, 1.54) is 4.68 Å². The fourth-order valence-corrected chi connectivity index (χ4v) is 5.31. The molecule has 9 nitrogen and oxygen atoms in total. The Morgan fingerprint density at radius 3 is 2.44 bits per heavy atom. The van der Waals surface area contributed by atoms with Gasteiger partial charge in [-0.25, -0.2) is 19.4 Å². The van der Waals surface area contributed by atoms with Crippen LogP contribution in [0.2, 0.25) is 15.1 Å². The van der Waals surface area contributed by atoms with E-state index in [-0.39, 0.29) is 11.5 Å². The highest BCUT2D eigenvalue weighted by molar-refractivity contribution is 6.40. The number of pyridine rings is 1. The minimum atomic E-state index is -0.405. The van der Waals surface area contributed by atoms with Gasteiger partial charge in [0.25, 0.3) is 5.56 Å². The van der Waals surface area contributed by atoms with Gasteiger partial charge in [-0.15, -0.1) is 0 Å². The standard InChI is InChI=1S/C27H20Cl3N7O2/c28-16-12-18(29)24(19(30)13-16)37-25-22(23(36-37)15-6-7-15)26(38)34-21(33-25)11-14-4-8-17(9-5-14)32-27(39)35-20-3-1-2-10-31-20/h1-5,8-10,12-13,15H,6-7,11H2,(H,33,34,38)(H2,31,32,35,39). The van der Waals surface area contributed by atoms with Gasteiger partial charge in [-0.2, -0.15) is 5.10 Å². The predicted molar refractivity (Wildman–Crippen MR) is 153 cm³/mol. The first-order chi connectivity index (χ1) is 18.9. The largest absolute Gasteiger partial charge is 0.324 e. The van der Waals surface area contributed by atoms with Crippen LogP contribution in [-0.2, 0) is 6.42 Å². The number of anilines is 2. The molecule has 0 atom stereocenters. The summed E-state index contributed by atoms with van der Waals surface area (Å²) in [6, 6.07) is 15.2. The van der Waals surface area contributed by atoms with Crippen molar-refractivity contribution in [3.8, 4) is 5.69 Å². The SMILES string of the molecule is O=C(Nc1ccc(Cc2nc3c(c(C4CC4)nn3-c3c(Cl)cc(Cl)cc3Cl)c(=O)[nH]2)cc1)Nc1ccccn1. The molecule has 0 bridgehead atoms. The number of rotatable bonds is 6. The number of aromatic nitrogens is 5. The van der Waals surface area contributed by atoms with Crippen molar-refractivity contribution < 1.29 is 4.79 Å². The zero-order valence-electron chi connectivity index (χ0n) is 20.2. The van der Waals surface area contributed by atoms with Crippen LogP contribution in [0.1, 0.15) is 35.8 Å². The molecule has 0 saturated heterocycles. The molecule has 1 aliphatic rings. The number of nitrogens with zero attached hydrogens (tertiary/aromatic N) is 4. The number of amides is 2. The van der Waals surface area contributed by atoms with Crippen LogP contribution in [-0.4, -0.2) is 30.8 Å². The Labute approximate surface area is 237 Å². The quantitative estimate of drug-likeness (QED) is 0.210. The molecule has 0 spiro atoms. The van der Waals surface area contributed by atoms with E-state index in [4.69, 9.17) is 44.9 Å². The van der Waals surface area contributed by atoms with Crippen molar-refractivity contribution in [3.63, 3.8) is 0 Å².